The molecule has 0 saturated heterocycles. The monoisotopic (exact) mass is 261 g/mol. The molecule has 0 aromatic heterocycles. The van der Waals surface area contributed by atoms with Gasteiger partial charge >= 0.3 is 0 Å². The topological polar surface area (TPSA) is 12.0 Å². The summed E-state index contributed by atoms with van der Waals surface area (Å²) in [6.45, 7) is 3.93. The van der Waals surface area contributed by atoms with Crippen LogP contribution in [-0.2, 0) is 0 Å². The van der Waals surface area contributed by atoms with Crippen molar-refractivity contribution in [2.75, 3.05) is 0 Å². The summed E-state index contributed by atoms with van der Waals surface area (Å²) in [5.41, 5.74) is 1.76. The summed E-state index contributed by atoms with van der Waals surface area (Å²) in [5.74, 6) is -1.09. The van der Waals surface area contributed by atoms with Gasteiger partial charge < -0.3 is 5.32 Å². The van der Waals surface area contributed by atoms with E-state index >= 15 is 0 Å². The number of hydrogen-bond acceptors (Lipinski definition) is 1. The number of rotatable bonds is 4. The molecule has 0 fully saturated rings. The third-order valence-electron chi connectivity index (χ3n) is 3.18. The van der Waals surface area contributed by atoms with Crippen molar-refractivity contribution in [3.63, 3.8) is 0 Å². The zero-order valence-corrected chi connectivity index (χ0v) is 11.0. The van der Waals surface area contributed by atoms with Crippen LogP contribution in [0.3, 0.4) is 0 Å². The van der Waals surface area contributed by atoms with Gasteiger partial charge in [0.05, 0.1) is 0 Å². The van der Waals surface area contributed by atoms with E-state index in [1.54, 1.807) is 0 Å². The molecule has 2 aromatic carbocycles. The van der Waals surface area contributed by atoms with Gasteiger partial charge in [-0.25, -0.2) is 8.78 Å². The van der Waals surface area contributed by atoms with Gasteiger partial charge in [0.1, 0.15) is 11.6 Å². The Hall–Kier alpha value is -1.74. The predicted molar refractivity (Wildman–Crippen MR) is 72.8 cm³/mol. The van der Waals surface area contributed by atoms with Crippen LogP contribution < -0.4 is 5.32 Å². The second-order valence-corrected chi connectivity index (χ2v) is 4.72. The predicted octanol–water partition coefficient (Wildman–Crippen LogP) is 4.38. The van der Waals surface area contributed by atoms with Crippen LogP contribution in [0.25, 0.3) is 0 Å². The third-order valence-corrected chi connectivity index (χ3v) is 3.18. The summed E-state index contributed by atoms with van der Waals surface area (Å²) in [6.07, 6.45) is 0. The highest BCUT2D eigenvalue weighted by Gasteiger charge is 2.12. The molecule has 1 nitrogen and oxygen atoms in total. The van der Waals surface area contributed by atoms with E-state index < -0.39 is 11.6 Å². The molecule has 0 bridgehead atoms. The molecule has 100 valence electrons. The van der Waals surface area contributed by atoms with Crippen LogP contribution >= 0.6 is 0 Å². The lowest BCUT2D eigenvalue weighted by molar-refractivity contribution is 0.487. The Kier molecular flexibility index (Phi) is 4.27. The third kappa shape index (κ3) is 3.61. The Bertz CT molecular complexity index is 519. The molecule has 0 saturated carbocycles. The fourth-order valence-electron chi connectivity index (χ4n) is 2.13. The Morgan fingerprint density at radius 2 is 1.32 bits per heavy atom. The van der Waals surface area contributed by atoms with E-state index in [0.29, 0.717) is 5.56 Å². The minimum absolute atomic E-state index is 0.113. The van der Waals surface area contributed by atoms with Gasteiger partial charge in [-0.15, -0.1) is 0 Å². The van der Waals surface area contributed by atoms with Crippen LogP contribution in [0.2, 0.25) is 0 Å². The van der Waals surface area contributed by atoms with E-state index in [-0.39, 0.29) is 12.1 Å². The molecule has 19 heavy (non-hydrogen) atoms. The molecular formula is C16H17F2N. The molecule has 0 aliphatic rings. The molecule has 3 heteroatoms. The van der Waals surface area contributed by atoms with Gasteiger partial charge in [-0.1, -0.05) is 30.3 Å². The van der Waals surface area contributed by atoms with Gasteiger partial charge in [0, 0.05) is 18.2 Å². The Morgan fingerprint density at radius 1 is 0.789 bits per heavy atom. The van der Waals surface area contributed by atoms with Crippen molar-refractivity contribution in [1.29, 1.82) is 0 Å². The molecule has 0 amide bonds. The summed E-state index contributed by atoms with van der Waals surface area (Å²) in [4.78, 5) is 0. The van der Waals surface area contributed by atoms with Gasteiger partial charge in [-0.05, 0) is 37.1 Å². The standard InChI is InChI=1S/C16H17F2N/c1-11(13-6-4-3-5-7-13)19-12(2)14-8-15(17)10-16(18)9-14/h3-12,19H,1-2H3. The number of halogens is 2. The van der Waals surface area contributed by atoms with E-state index in [0.717, 1.165) is 11.6 Å². The van der Waals surface area contributed by atoms with Crippen molar-refractivity contribution < 1.29 is 8.78 Å². The van der Waals surface area contributed by atoms with Crippen LogP contribution in [0.4, 0.5) is 8.78 Å². The van der Waals surface area contributed by atoms with Crippen LogP contribution in [0.5, 0.6) is 0 Å². The lowest BCUT2D eigenvalue weighted by Gasteiger charge is -2.21. The molecule has 0 spiro atoms. The van der Waals surface area contributed by atoms with Gasteiger partial charge in [-0.3, -0.25) is 0 Å². The van der Waals surface area contributed by atoms with Gasteiger partial charge in [0.2, 0.25) is 0 Å². The van der Waals surface area contributed by atoms with E-state index in [1.165, 1.54) is 12.1 Å². The first kappa shape index (κ1) is 13.7. The summed E-state index contributed by atoms with van der Waals surface area (Å²) >= 11 is 0. The smallest absolute Gasteiger partial charge is 0.126 e. The van der Waals surface area contributed by atoms with E-state index in [2.05, 4.69) is 5.32 Å². The van der Waals surface area contributed by atoms with Crippen molar-refractivity contribution in [1.82, 2.24) is 5.32 Å². The molecule has 2 unspecified atom stereocenters. The van der Waals surface area contributed by atoms with E-state index in [1.807, 2.05) is 44.2 Å². The van der Waals surface area contributed by atoms with Crippen molar-refractivity contribution in [2.45, 2.75) is 25.9 Å². The highest BCUT2D eigenvalue weighted by molar-refractivity contribution is 5.23. The van der Waals surface area contributed by atoms with Crippen molar-refractivity contribution in [3.8, 4) is 0 Å². The molecule has 0 aliphatic heterocycles. The van der Waals surface area contributed by atoms with Gasteiger partial charge in [0.15, 0.2) is 0 Å². The highest BCUT2D eigenvalue weighted by Crippen LogP contribution is 2.20. The lowest BCUT2D eigenvalue weighted by Crippen LogP contribution is -2.22. The van der Waals surface area contributed by atoms with Crippen molar-refractivity contribution in [2.24, 2.45) is 0 Å². The zero-order chi connectivity index (χ0) is 13.8. The van der Waals surface area contributed by atoms with Crippen LogP contribution in [0.15, 0.2) is 48.5 Å². The van der Waals surface area contributed by atoms with Gasteiger partial charge in [-0.2, -0.15) is 0 Å². The van der Waals surface area contributed by atoms with Crippen molar-refractivity contribution >= 4 is 0 Å². The highest BCUT2D eigenvalue weighted by atomic mass is 19.1. The average molecular weight is 261 g/mol. The number of benzene rings is 2. The largest absolute Gasteiger partial charge is 0.304 e. The van der Waals surface area contributed by atoms with Crippen LogP contribution in [0, 0.1) is 11.6 Å². The molecule has 2 atom stereocenters. The van der Waals surface area contributed by atoms with Crippen LogP contribution in [-0.4, -0.2) is 0 Å². The van der Waals surface area contributed by atoms with Crippen molar-refractivity contribution in [3.05, 3.63) is 71.3 Å². The zero-order valence-electron chi connectivity index (χ0n) is 11.0. The maximum atomic E-state index is 13.2. The fraction of sp³-hybridized carbons (Fsp3) is 0.250. The molecule has 2 aromatic rings. The van der Waals surface area contributed by atoms with Crippen LogP contribution in [0.1, 0.15) is 37.1 Å². The van der Waals surface area contributed by atoms with E-state index in [9.17, 15) is 8.78 Å². The second-order valence-electron chi connectivity index (χ2n) is 4.72. The normalized spacial score (nSPS) is 14.1. The lowest BCUT2D eigenvalue weighted by atomic mass is 10.0. The first-order valence-corrected chi connectivity index (χ1v) is 6.33. The molecule has 0 heterocycles. The first-order chi connectivity index (χ1) is 9.06. The number of nitrogens with one attached hydrogen (secondary N) is 1. The van der Waals surface area contributed by atoms with E-state index in [4.69, 9.17) is 0 Å². The maximum absolute atomic E-state index is 13.2. The Balaban J connectivity index is 2.10. The maximum Gasteiger partial charge on any atom is 0.126 e. The molecule has 0 radical (unpaired) electrons. The molecule has 1 N–H and O–H groups in total. The number of hydrogen-bond donors (Lipinski definition) is 1. The van der Waals surface area contributed by atoms with Gasteiger partial charge in [0.25, 0.3) is 0 Å². The minimum Gasteiger partial charge on any atom is -0.304 e. The molecule has 2 rings (SSSR count). The summed E-state index contributed by atoms with van der Waals surface area (Å²) in [7, 11) is 0. The Morgan fingerprint density at radius 3 is 1.89 bits per heavy atom. The summed E-state index contributed by atoms with van der Waals surface area (Å²) < 4.78 is 26.4. The summed E-state index contributed by atoms with van der Waals surface area (Å²) in [6, 6.07) is 13.5. The summed E-state index contributed by atoms with van der Waals surface area (Å²) in [5, 5.41) is 3.33. The second kappa shape index (κ2) is 5.93. The molecule has 0 aliphatic carbocycles. The minimum atomic E-state index is -0.545. The fourth-order valence-corrected chi connectivity index (χ4v) is 2.13. The first-order valence-electron chi connectivity index (χ1n) is 6.33. The quantitative estimate of drug-likeness (QED) is 0.861. The Labute approximate surface area is 112 Å². The molecular weight excluding hydrogens is 244 g/mol. The average Bonchev–Trinajstić information content (AvgIpc) is 2.38. The SMILES string of the molecule is CC(NC(C)c1cc(F)cc(F)c1)c1ccccc1.